The number of hydrogen-bond donors (Lipinski definition) is 0. The Hall–Kier alpha value is -0.540. The van der Waals surface area contributed by atoms with E-state index in [4.69, 9.17) is 11.6 Å². The number of benzene rings is 1. The number of hydrogen-bond acceptors (Lipinski definition) is 2. The number of nitrogens with zero attached hydrogens (tertiary/aromatic N) is 1. The second-order valence-corrected chi connectivity index (χ2v) is 6.10. The van der Waals surface area contributed by atoms with Crippen LogP contribution >= 0.6 is 27.5 Å². The molecule has 0 spiro atoms. The van der Waals surface area contributed by atoms with E-state index >= 15 is 0 Å². The van der Waals surface area contributed by atoms with Gasteiger partial charge in [0.1, 0.15) is 5.78 Å². The zero-order chi connectivity index (χ0) is 12.0. The van der Waals surface area contributed by atoms with E-state index < -0.39 is 0 Å². The Morgan fingerprint density at radius 2 is 1.88 bits per heavy atom. The van der Waals surface area contributed by atoms with E-state index in [2.05, 4.69) is 26.9 Å². The lowest BCUT2D eigenvalue weighted by atomic mass is 10.0. The lowest BCUT2D eigenvalue weighted by Crippen LogP contribution is -2.43. The van der Waals surface area contributed by atoms with Crippen molar-refractivity contribution in [3.8, 4) is 0 Å². The Bertz CT molecular complexity index is 460. The standard InChI is InChI=1S/C13H13BrClNO/c14-12-4-3-10(7-13(12)15)16-8-1-2-9(16)6-11(17)5-8/h3-4,7-9H,1-2,5-6H2. The maximum atomic E-state index is 11.6. The maximum Gasteiger partial charge on any atom is 0.137 e. The van der Waals surface area contributed by atoms with Gasteiger partial charge in [-0.2, -0.15) is 0 Å². The molecular weight excluding hydrogens is 302 g/mol. The summed E-state index contributed by atoms with van der Waals surface area (Å²) in [5, 5.41) is 0.735. The fourth-order valence-corrected chi connectivity index (χ4v) is 3.46. The van der Waals surface area contributed by atoms with Crippen LogP contribution in [0.5, 0.6) is 0 Å². The third-order valence-corrected chi connectivity index (χ3v) is 4.98. The fourth-order valence-electron chi connectivity index (χ4n) is 3.04. The van der Waals surface area contributed by atoms with Gasteiger partial charge in [-0.05, 0) is 47.0 Å². The van der Waals surface area contributed by atoms with Gasteiger partial charge in [0.25, 0.3) is 0 Å². The van der Waals surface area contributed by atoms with E-state index in [1.54, 1.807) is 0 Å². The number of carbonyl (C=O) groups is 1. The maximum absolute atomic E-state index is 11.6. The minimum atomic E-state index is 0.387. The SMILES string of the molecule is O=C1CC2CCC(C1)N2c1ccc(Br)c(Cl)c1. The van der Waals surface area contributed by atoms with Crippen LogP contribution < -0.4 is 4.90 Å². The van der Waals surface area contributed by atoms with Crippen molar-refractivity contribution in [3.63, 3.8) is 0 Å². The molecule has 0 N–H and O–H groups in total. The van der Waals surface area contributed by atoms with Crippen LogP contribution in [0.25, 0.3) is 0 Å². The van der Waals surface area contributed by atoms with Crippen LogP contribution in [0.3, 0.4) is 0 Å². The number of anilines is 1. The highest BCUT2D eigenvalue weighted by Gasteiger charge is 2.40. The normalized spacial score (nSPS) is 27.6. The molecule has 2 aliphatic rings. The first-order chi connectivity index (χ1) is 8.15. The molecule has 2 aliphatic heterocycles. The van der Waals surface area contributed by atoms with Crippen LogP contribution in [-0.4, -0.2) is 17.9 Å². The average Bonchev–Trinajstić information content (AvgIpc) is 2.55. The summed E-state index contributed by atoms with van der Waals surface area (Å²) >= 11 is 9.54. The van der Waals surface area contributed by atoms with Crippen molar-refractivity contribution < 1.29 is 4.79 Å². The van der Waals surface area contributed by atoms with Gasteiger partial charge in [-0.25, -0.2) is 0 Å². The van der Waals surface area contributed by atoms with E-state index in [0.717, 1.165) is 28.0 Å². The predicted octanol–water partition coefficient (Wildman–Crippen LogP) is 3.80. The van der Waals surface area contributed by atoms with Crippen LogP contribution in [0.2, 0.25) is 5.02 Å². The molecule has 1 aromatic carbocycles. The Morgan fingerprint density at radius 3 is 2.47 bits per heavy atom. The lowest BCUT2D eigenvalue weighted by molar-refractivity contribution is -0.120. The zero-order valence-corrected chi connectivity index (χ0v) is 11.7. The minimum Gasteiger partial charge on any atom is -0.365 e. The summed E-state index contributed by atoms with van der Waals surface area (Å²) in [7, 11) is 0. The summed E-state index contributed by atoms with van der Waals surface area (Å²) < 4.78 is 0.920. The van der Waals surface area contributed by atoms with E-state index in [9.17, 15) is 4.79 Å². The minimum absolute atomic E-state index is 0.387. The molecule has 2 fully saturated rings. The van der Waals surface area contributed by atoms with Crippen molar-refractivity contribution in [3.05, 3.63) is 27.7 Å². The van der Waals surface area contributed by atoms with Crippen LogP contribution in [0.1, 0.15) is 25.7 Å². The number of carbonyl (C=O) groups excluding carboxylic acids is 1. The van der Waals surface area contributed by atoms with E-state index in [1.165, 1.54) is 0 Å². The molecule has 3 rings (SSSR count). The Morgan fingerprint density at radius 1 is 1.24 bits per heavy atom. The van der Waals surface area contributed by atoms with Gasteiger partial charge in [-0.1, -0.05) is 11.6 Å². The second kappa shape index (κ2) is 4.29. The molecule has 2 unspecified atom stereocenters. The molecule has 2 saturated heterocycles. The third-order valence-electron chi connectivity index (χ3n) is 3.75. The molecule has 0 amide bonds. The average molecular weight is 315 g/mol. The van der Waals surface area contributed by atoms with Gasteiger partial charge in [0.05, 0.1) is 5.02 Å². The Kier molecular flexibility index (Phi) is 2.91. The first kappa shape index (κ1) is 11.5. The lowest BCUT2D eigenvalue weighted by Gasteiger charge is -2.36. The molecule has 2 nitrogen and oxygen atoms in total. The van der Waals surface area contributed by atoms with Crippen LogP contribution in [0.15, 0.2) is 22.7 Å². The van der Waals surface area contributed by atoms with Gasteiger partial charge >= 0.3 is 0 Å². The van der Waals surface area contributed by atoms with Gasteiger partial charge in [0.2, 0.25) is 0 Å². The topological polar surface area (TPSA) is 20.3 Å². The smallest absolute Gasteiger partial charge is 0.137 e. The summed E-state index contributed by atoms with van der Waals surface area (Å²) in [6.07, 6.45) is 3.66. The van der Waals surface area contributed by atoms with Gasteiger partial charge in [-0.15, -0.1) is 0 Å². The molecule has 0 saturated carbocycles. The third kappa shape index (κ3) is 2.00. The van der Waals surface area contributed by atoms with Crippen molar-refractivity contribution in [2.45, 2.75) is 37.8 Å². The Labute approximate surface area is 114 Å². The highest BCUT2D eigenvalue weighted by molar-refractivity contribution is 9.10. The summed E-state index contributed by atoms with van der Waals surface area (Å²) in [4.78, 5) is 14.0. The molecule has 1 aromatic rings. The molecule has 2 atom stereocenters. The van der Waals surface area contributed by atoms with Gasteiger partial charge in [-0.3, -0.25) is 4.79 Å². The molecule has 17 heavy (non-hydrogen) atoms. The van der Waals surface area contributed by atoms with Crippen molar-refractivity contribution in [2.24, 2.45) is 0 Å². The summed E-state index contributed by atoms with van der Waals surface area (Å²) in [5.41, 5.74) is 1.15. The number of piperidine rings is 1. The van der Waals surface area contributed by atoms with Crippen molar-refractivity contribution in [2.75, 3.05) is 4.90 Å². The van der Waals surface area contributed by atoms with Crippen molar-refractivity contribution >= 4 is 39.0 Å². The molecule has 2 bridgehead atoms. The molecule has 90 valence electrons. The summed E-state index contributed by atoms with van der Waals surface area (Å²) in [5.74, 6) is 0.414. The highest BCUT2D eigenvalue weighted by atomic mass is 79.9. The molecular formula is C13H13BrClNO. The van der Waals surface area contributed by atoms with Gasteiger partial charge in [0.15, 0.2) is 0 Å². The number of Topliss-reactive ketones (excluding diaryl/α,β-unsaturated/α-hetero) is 1. The monoisotopic (exact) mass is 313 g/mol. The van der Waals surface area contributed by atoms with E-state index in [0.29, 0.717) is 30.7 Å². The predicted molar refractivity (Wildman–Crippen MR) is 72.7 cm³/mol. The molecule has 0 aliphatic carbocycles. The van der Waals surface area contributed by atoms with Crippen LogP contribution in [0.4, 0.5) is 5.69 Å². The van der Waals surface area contributed by atoms with Gasteiger partial charge in [0, 0.05) is 35.1 Å². The number of halogens is 2. The quantitative estimate of drug-likeness (QED) is 0.786. The molecule has 0 radical (unpaired) electrons. The summed E-state index contributed by atoms with van der Waals surface area (Å²) in [6.45, 7) is 0. The zero-order valence-electron chi connectivity index (χ0n) is 9.33. The van der Waals surface area contributed by atoms with Crippen molar-refractivity contribution in [1.82, 2.24) is 0 Å². The van der Waals surface area contributed by atoms with Crippen LogP contribution in [0, 0.1) is 0 Å². The van der Waals surface area contributed by atoms with Crippen LogP contribution in [-0.2, 0) is 4.79 Å². The molecule has 0 aromatic heterocycles. The Balaban J connectivity index is 1.94. The fraction of sp³-hybridized carbons (Fsp3) is 0.462. The molecule has 4 heteroatoms. The largest absolute Gasteiger partial charge is 0.365 e. The first-order valence-corrected chi connectivity index (χ1v) is 7.07. The van der Waals surface area contributed by atoms with Crippen molar-refractivity contribution in [1.29, 1.82) is 0 Å². The first-order valence-electron chi connectivity index (χ1n) is 5.90. The molecule has 2 heterocycles. The highest BCUT2D eigenvalue weighted by Crippen LogP contribution is 2.39. The number of fused-ring (bicyclic) bond motifs is 2. The summed E-state index contributed by atoms with van der Waals surface area (Å²) in [6, 6.07) is 6.83. The number of rotatable bonds is 1. The van der Waals surface area contributed by atoms with E-state index in [1.807, 2.05) is 12.1 Å². The van der Waals surface area contributed by atoms with Gasteiger partial charge < -0.3 is 4.90 Å². The second-order valence-electron chi connectivity index (χ2n) is 4.84. The number of ketones is 1. The van der Waals surface area contributed by atoms with E-state index in [-0.39, 0.29) is 0 Å².